The lowest BCUT2D eigenvalue weighted by Gasteiger charge is -2.11. The van der Waals surface area contributed by atoms with Gasteiger partial charge < -0.3 is 0 Å². The fourth-order valence-corrected chi connectivity index (χ4v) is 7.17. The first-order valence-corrected chi connectivity index (χ1v) is 21.2. The van der Waals surface area contributed by atoms with Gasteiger partial charge in [0.15, 0.2) is 5.82 Å². The number of hydrogen-bond donors (Lipinski definition) is 0. The highest BCUT2D eigenvalue weighted by molar-refractivity contribution is 5.79. The average molecular weight is 815 g/mol. The van der Waals surface area contributed by atoms with E-state index in [2.05, 4.69) is 131 Å². The van der Waals surface area contributed by atoms with E-state index in [1.165, 1.54) is 0 Å². The third kappa shape index (κ3) is 10.2. The summed E-state index contributed by atoms with van der Waals surface area (Å²) in [6.07, 6.45) is 23.1. The maximum Gasteiger partial charge on any atom is 0.160 e. The zero-order valence-electron chi connectivity index (χ0n) is 35.5. The van der Waals surface area contributed by atoms with Gasteiger partial charge in [-0.05, 0) is 89.9 Å². The highest BCUT2D eigenvalue weighted by Crippen LogP contribution is 2.33. The molecule has 304 valence electrons. The van der Waals surface area contributed by atoms with E-state index in [1.54, 1.807) is 12.4 Å². The molecule has 0 amide bonds. The molecule has 0 spiro atoms. The second kappa shape index (κ2) is 20.4. The minimum absolute atomic E-state index is 0.647. The van der Waals surface area contributed by atoms with Crippen LogP contribution in [0.25, 0.3) is 95.7 Å². The first kappa shape index (κ1) is 41.5. The highest BCUT2D eigenvalue weighted by atomic mass is 14.9. The maximum absolute atomic E-state index is 5.19. The van der Waals surface area contributed by atoms with E-state index >= 15 is 0 Å². The number of hydrogen-bond acceptors (Lipinski definition) is 6. The van der Waals surface area contributed by atoms with Gasteiger partial charge in [-0.2, -0.15) is 0 Å². The molecule has 6 nitrogen and oxygen atoms in total. The molecule has 0 aliphatic rings. The van der Waals surface area contributed by atoms with Gasteiger partial charge in [-0.15, -0.1) is 0 Å². The molecule has 4 aromatic carbocycles. The lowest BCUT2D eigenvalue weighted by Crippen LogP contribution is -1.96. The summed E-state index contributed by atoms with van der Waals surface area (Å²) in [5, 5.41) is 0. The van der Waals surface area contributed by atoms with Gasteiger partial charge in [0.05, 0.1) is 22.8 Å². The van der Waals surface area contributed by atoms with Crippen LogP contribution in [0.1, 0.15) is 26.5 Å². The summed E-state index contributed by atoms with van der Waals surface area (Å²) in [5.41, 5.74) is 15.9. The van der Waals surface area contributed by atoms with Gasteiger partial charge in [-0.1, -0.05) is 141 Å². The van der Waals surface area contributed by atoms with E-state index in [1.807, 2.05) is 112 Å². The molecule has 0 saturated heterocycles. The van der Waals surface area contributed by atoms with Crippen molar-refractivity contribution >= 4 is 6.08 Å². The first-order chi connectivity index (χ1) is 31.2. The minimum Gasteiger partial charge on any atom is -0.264 e. The van der Waals surface area contributed by atoms with Gasteiger partial charge in [-0.25, -0.2) is 9.97 Å². The standard InChI is InChI=1S/C55H40N6.C2H6/c1-2-3-4-5-6-23-51-34-54(45-19-9-15-41(32-45)39-13-7-17-43(30-39)52-26-24-49(37-58-52)47-21-11-28-56-35-47)61-55(60-51)46-20-10-16-42(33-46)40-14-8-18-44(31-40)53-27-25-50(38-59-53)48-22-12-29-57-36-48;1-2/h2-38H,1H3;1-2H3/b3-2-,5-4-,23-6+;. The van der Waals surface area contributed by atoms with Gasteiger partial charge >= 0.3 is 0 Å². The third-order valence-electron chi connectivity index (χ3n) is 10.3. The van der Waals surface area contributed by atoms with E-state index in [4.69, 9.17) is 19.9 Å². The predicted octanol–water partition coefficient (Wildman–Crippen LogP) is 14.6. The Morgan fingerprint density at radius 1 is 0.349 bits per heavy atom. The molecular formula is C57H46N6. The monoisotopic (exact) mass is 814 g/mol. The van der Waals surface area contributed by atoms with Crippen LogP contribution in [-0.2, 0) is 0 Å². The van der Waals surface area contributed by atoms with Gasteiger partial charge in [0.25, 0.3) is 0 Å². The Labute approximate surface area is 369 Å². The molecule has 9 aromatic rings. The van der Waals surface area contributed by atoms with Crippen LogP contribution in [0, 0.1) is 0 Å². The zero-order valence-corrected chi connectivity index (χ0v) is 35.5. The molecule has 0 saturated carbocycles. The van der Waals surface area contributed by atoms with Crippen LogP contribution in [0.15, 0.2) is 219 Å². The fraction of sp³-hybridized carbons (Fsp3) is 0.0526. The van der Waals surface area contributed by atoms with Gasteiger partial charge in [-0.3, -0.25) is 19.9 Å². The Morgan fingerprint density at radius 2 is 0.778 bits per heavy atom. The largest absolute Gasteiger partial charge is 0.264 e. The maximum atomic E-state index is 5.19. The number of pyridine rings is 4. The number of aromatic nitrogens is 6. The minimum atomic E-state index is 0.647. The molecule has 5 aromatic heterocycles. The van der Waals surface area contributed by atoms with Crippen LogP contribution in [-0.4, -0.2) is 29.9 Å². The predicted molar refractivity (Wildman–Crippen MR) is 261 cm³/mol. The molecule has 0 aliphatic heterocycles. The van der Waals surface area contributed by atoms with Crippen molar-refractivity contribution in [2.45, 2.75) is 20.8 Å². The van der Waals surface area contributed by atoms with Crippen molar-refractivity contribution in [2.75, 3.05) is 0 Å². The lowest BCUT2D eigenvalue weighted by atomic mass is 9.98. The van der Waals surface area contributed by atoms with Crippen molar-refractivity contribution in [1.82, 2.24) is 29.9 Å². The van der Waals surface area contributed by atoms with Crippen molar-refractivity contribution in [3.05, 3.63) is 225 Å². The molecule has 63 heavy (non-hydrogen) atoms. The van der Waals surface area contributed by atoms with Gasteiger partial charge in [0, 0.05) is 81.7 Å². The van der Waals surface area contributed by atoms with Crippen LogP contribution in [0.5, 0.6) is 0 Å². The van der Waals surface area contributed by atoms with Gasteiger partial charge in [0.2, 0.25) is 0 Å². The smallest absolute Gasteiger partial charge is 0.160 e. The van der Waals surface area contributed by atoms with E-state index in [0.717, 1.165) is 89.5 Å². The number of benzene rings is 4. The van der Waals surface area contributed by atoms with E-state index in [0.29, 0.717) is 5.82 Å². The van der Waals surface area contributed by atoms with Crippen LogP contribution in [0.2, 0.25) is 0 Å². The molecule has 0 radical (unpaired) electrons. The molecule has 0 fully saturated rings. The molecule has 0 aliphatic carbocycles. The molecule has 5 heterocycles. The fourth-order valence-electron chi connectivity index (χ4n) is 7.17. The van der Waals surface area contributed by atoms with Crippen molar-refractivity contribution in [3.63, 3.8) is 0 Å². The molecule has 9 rings (SSSR count). The van der Waals surface area contributed by atoms with Crippen molar-refractivity contribution in [2.24, 2.45) is 0 Å². The second-order valence-electron chi connectivity index (χ2n) is 14.4. The number of allylic oxidation sites excluding steroid dienone is 5. The molecule has 0 bridgehead atoms. The quantitative estimate of drug-likeness (QED) is 0.121. The van der Waals surface area contributed by atoms with E-state index < -0.39 is 0 Å². The molecule has 0 N–H and O–H groups in total. The molecular weight excluding hydrogens is 769 g/mol. The average Bonchev–Trinajstić information content (AvgIpc) is 3.37. The van der Waals surface area contributed by atoms with Crippen LogP contribution in [0.3, 0.4) is 0 Å². The van der Waals surface area contributed by atoms with Crippen LogP contribution in [0.4, 0.5) is 0 Å². The Bertz CT molecular complexity index is 2820. The zero-order chi connectivity index (χ0) is 43.2. The van der Waals surface area contributed by atoms with E-state index in [9.17, 15) is 0 Å². The van der Waals surface area contributed by atoms with Crippen molar-refractivity contribution in [1.29, 1.82) is 0 Å². The molecule has 6 heteroatoms. The van der Waals surface area contributed by atoms with Crippen molar-refractivity contribution < 1.29 is 0 Å². The Balaban J connectivity index is 0.00000268. The number of rotatable bonds is 11. The molecule has 0 atom stereocenters. The summed E-state index contributed by atoms with van der Waals surface area (Å²) in [5.74, 6) is 0.647. The van der Waals surface area contributed by atoms with Gasteiger partial charge in [0.1, 0.15) is 0 Å². The number of nitrogens with zero attached hydrogens (tertiary/aromatic N) is 6. The first-order valence-electron chi connectivity index (χ1n) is 21.2. The third-order valence-corrected chi connectivity index (χ3v) is 10.3. The molecule has 0 unspecified atom stereocenters. The summed E-state index contributed by atoms with van der Waals surface area (Å²) in [6, 6.07) is 52.3. The van der Waals surface area contributed by atoms with Crippen LogP contribution >= 0.6 is 0 Å². The summed E-state index contributed by atoms with van der Waals surface area (Å²) < 4.78 is 0. The second-order valence-corrected chi connectivity index (χ2v) is 14.4. The summed E-state index contributed by atoms with van der Waals surface area (Å²) >= 11 is 0. The topological polar surface area (TPSA) is 77.3 Å². The lowest BCUT2D eigenvalue weighted by molar-refractivity contribution is 1.16. The summed E-state index contributed by atoms with van der Waals surface area (Å²) in [7, 11) is 0. The van der Waals surface area contributed by atoms with E-state index in [-0.39, 0.29) is 0 Å². The Kier molecular flexibility index (Phi) is 13.4. The van der Waals surface area contributed by atoms with Crippen LogP contribution < -0.4 is 0 Å². The van der Waals surface area contributed by atoms with Crippen molar-refractivity contribution in [3.8, 4) is 89.7 Å². The SMILES string of the molecule is CC.C\C=C/C=C\C=C\c1cc(-c2cccc(-c3cccc(-c4ccc(-c5cccnc5)cn4)c3)c2)nc(-c2cccc(-c3cccc(-c4ccc(-c5cccnc5)cn4)c3)c2)n1. The summed E-state index contributed by atoms with van der Waals surface area (Å²) in [4.78, 5) is 28.4. The highest BCUT2D eigenvalue weighted by Gasteiger charge is 2.12. The summed E-state index contributed by atoms with van der Waals surface area (Å²) in [6.45, 7) is 6.00. The Morgan fingerprint density at radius 3 is 1.24 bits per heavy atom. The normalized spacial score (nSPS) is 11.2. The Hall–Kier alpha value is -8.22.